The monoisotopic (exact) mass is 378 g/mol. The van der Waals surface area contributed by atoms with E-state index >= 15 is 0 Å². The van der Waals surface area contributed by atoms with Gasteiger partial charge in [0.05, 0.1) is 26.9 Å². The van der Waals surface area contributed by atoms with Gasteiger partial charge in [-0.2, -0.15) is 0 Å². The van der Waals surface area contributed by atoms with E-state index in [1.54, 1.807) is 21.1 Å². The minimum atomic E-state index is -0.973. The van der Waals surface area contributed by atoms with Gasteiger partial charge in [-0.1, -0.05) is 72.8 Å². The fourth-order valence-electron chi connectivity index (χ4n) is 3.48. The van der Waals surface area contributed by atoms with Crippen LogP contribution in [0, 0.1) is 0 Å². The molecule has 0 spiro atoms. The summed E-state index contributed by atoms with van der Waals surface area (Å²) in [7, 11) is 3.24. The summed E-state index contributed by atoms with van der Waals surface area (Å²) in [6.07, 6.45) is -0.622. The van der Waals surface area contributed by atoms with Crippen LogP contribution >= 0.6 is 0 Å². The van der Waals surface area contributed by atoms with Crippen LogP contribution in [0.4, 0.5) is 0 Å². The largest absolute Gasteiger partial charge is 0.493 e. The van der Waals surface area contributed by atoms with E-state index in [4.69, 9.17) is 14.2 Å². The first-order chi connectivity index (χ1) is 13.6. The molecule has 146 valence electrons. The summed E-state index contributed by atoms with van der Waals surface area (Å²) in [6.45, 7) is 1.87. The van der Waals surface area contributed by atoms with Crippen molar-refractivity contribution < 1.29 is 19.3 Å². The predicted octanol–water partition coefficient (Wildman–Crippen LogP) is 4.39. The highest BCUT2D eigenvalue weighted by molar-refractivity contribution is 5.57. The Bertz CT molecular complexity index is 836. The van der Waals surface area contributed by atoms with Crippen LogP contribution in [0.2, 0.25) is 0 Å². The number of aliphatic hydroxyl groups is 1. The van der Waals surface area contributed by atoms with Crippen molar-refractivity contribution in [3.05, 3.63) is 95.6 Å². The molecular formula is C24H26O4. The molecule has 0 saturated heterocycles. The molecule has 0 radical (unpaired) electrons. The number of methoxy groups -OCH3 is 2. The van der Waals surface area contributed by atoms with E-state index < -0.39 is 11.7 Å². The van der Waals surface area contributed by atoms with Crippen LogP contribution in [-0.4, -0.2) is 32.0 Å². The van der Waals surface area contributed by atoms with E-state index in [2.05, 4.69) is 0 Å². The summed E-state index contributed by atoms with van der Waals surface area (Å²) in [5, 5.41) is 10.0. The molecule has 0 aliphatic heterocycles. The van der Waals surface area contributed by atoms with Gasteiger partial charge in [-0.25, -0.2) is 0 Å². The maximum absolute atomic E-state index is 10.0. The Kier molecular flexibility index (Phi) is 6.34. The Labute approximate surface area is 166 Å². The lowest BCUT2D eigenvalue weighted by molar-refractivity contribution is -0.0335. The molecule has 3 aromatic carbocycles. The lowest BCUT2D eigenvalue weighted by Gasteiger charge is -2.37. The molecule has 1 atom stereocenters. The molecule has 28 heavy (non-hydrogen) atoms. The summed E-state index contributed by atoms with van der Waals surface area (Å²) in [6, 6.07) is 25.7. The van der Waals surface area contributed by atoms with E-state index in [0.29, 0.717) is 11.5 Å². The van der Waals surface area contributed by atoms with Crippen molar-refractivity contribution in [2.24, 2.45) is 0 Å². The number of rotatable bonds is 8. The van der Waals surface area contributed by atoms with Gasteiger partial charge in [0, 0.05) is 5.56 Å². The van der Waals surface area contributed by atoms with Crippen LogP contribution in [0.15, 0.2) is 78.9 Å². The molecule has 0 bridgehead atoms. The van der Waals surface area contributed by atoms with Crippen LogP contribution in [0.1, 0.15) is 23.6 Å². The standard InChI is InChI=1S/C24H26O4/c1-18(25)17-28-24(19-11-6-4-7-12-19,20-13-8-5-9-14-20)21-15-10-16-22(26-2)23(21)27-3/h4-16,18,25H,17H2,1-3H3. The average Bonchev–Trinajstić information content (AvgIpc) is 2.75. The first-order valence-corrected chi connectivity index (χ1v) is 9.28. The zero-order valence-corrected chi connectivity index (χ0v) is 16.5. The van der Waals surface area contributed by atoms with Crippen LogP contribution in [0.3, 0.4) is 0 Å². The third-order valence-corrected chi connectivity index (χ3v) is 4.68. The number of hydrogen-bond acceptors (Lipinski definition) is 4. The summed E-state index contributed by atoms with van der Waals surface area (Å²) >= 11 is 0. The summed E-state index contributed by atoms with van der Waals surface area (Å²) < 4.78 is 17.8. The minimum Gasteiger partial charge on any atom is -0.493 e. The molecule has 0 aliphatic carbocycles. The highest BCUT2D eigenvalue weighted by atomic mass is 16.5. The molecule has 1 unspecified atom stereocenters. The van der Waals surface area contributed by atoms with E-state index in [1.807, 2.05) is 78.9 Å². The molecule has 4 nitrogen and oxygen atoms in total. The molecule has 0 heterocycles. The van der Waals surface area contributed by atoms with Crippen molar-refractivity contribution in [3.8, 4) is 11.5 Å². The van der Waals surface area contributed by atoms with Crippen molar-refractivity contribution in [2.75, 3.05) is 20.8 Å². The molecule has 0 aromatic heterocycles. The van der Waals surface area contributed by atoms with E-state index in [-0.39, 0.29) is 6.61 Å². The van der Waals surface area contributed by atoms with Gasteiger partial charge in [-0.15, -0.1) is 0 Å². The highest BCUT2D eigenvalue weighted by Gasteiger charge is 2.41. The number of benzene rings is 3. The molecule has 1 N–H and O–H groups in total. The van der Waals surface area contributed by atoms with Gasteiger partial charge in [-0.05, 0) is 24.1 Å². The molecule has 3 rings (SSSR count). The van der Waals surface area contributed by atoms with Crippen LogP contribution in [-0.2, 0) is 10.3 Å². The Balaban J connectivity index is 2.36. The smallest absolute Gasteiger partial charge is 0.167 e. The Morgan fingerprint density at radius 2 is 1.36 bits per heavy atom. The number of para-hydroxylation sites is 1. The SMILES string of the molecule is COc1cccc(C(OCC(C)O)(c2ccccc2)c2ccccc2)c1OC. The van der Waals surface area contributed by atoms with Gasteiger partial charge >= 0.3 is 0 Å². The average molecular weight is 378 g/mol. The first kappa shape index (κ1) is 19.9. The Morgan fingerprint density at radius 3 is 1.82 bits per heavy atom. The molecule has 4 heteroatoms. The van der Waals surface area contributed by atoms with Gasteiger partial charge < -0.3 is 19.3 Å². The highest BCUT2D eigenvalue weighted by Crippen LogP contribution is 2.47. The van der Waals surface area contributed by atoms with Crippen molar-refractivity contribution in [1.29, 1.82) is 0 Å². The zero-order valence-electron chi connectivity index (χ0n) is 16.5. The van der Waals surface area contributed by atoms with Crippen LogP contribution in [0.5, 0.6) is 11.5 Å². The third kappa shape index (κ3) is 3.75. The number of hydrogen-bond donors (Lipinski definition) is 1. The van der Waals surface area contributed by atoms with Gasteiger partial charge in [0.1, 0.15) is 5.60 Å². The van der Waals surface area contributed by atoms with E-state index in [0.717, 1.165) is 16.7 Å². The quantitative estimate of drug-likeness (QED) is 0.591. The lowest BCUT2D eigenvalue weighted by Crippen LogP contribution is -2.35. The topological polar surface area (TPSA) is 47.9 Å². The van der Waals surface area contributed by atoms with Gasteiger partial charge in [-0.3, -0.25) is 0 Å². The molecular weight excluding hydrogens is 352 g/mol. The molecule has 0 amide bonds. The normalized spacial score (nSPS) is 12.4. The summed E-state index contributed by atoms with van der Waals surface area (Å²) in [5.74, 6) is 1.22. The number of aliphatic hydroxyl groups excluding tert-OH is 1. The second-order valence-corrected chi connectivity index (χ2v) is 6.61. The van der Waals surface area contributed by atoms with Crippen LogP contribution in [0.25, 0.3) is 0 Å². The summed E-state index contributed by atoms with van der Waals surface area (Å²) in [4.78, 5) is 0. The number of ether oxygens (including phenoxy) is 3. The Hall–Kier alpha value is -2.82. The van der Waals surface area contributed by atoms with Crippen molar-refractivity contribution in [3.63, 3.8) is 0 Å². The van der Waals surface area contributed by atoms with E-state index in [9.17, 15) is 5.11 Å². The molecule has 0 saturated carbocycles. The maximum atomic E-state index is 10.0. The fraction of sp³-hybridized carbons (Fsp3) is 0.250. The predicted molar refractivity (Wildman–Crippen MR) is 110 cm³/mol. The van der Waals surface area contributed by atoms with Crippen molar-refractivity contribution in [2.45, 2.75) is 18.6 Å². The van der Waals surface area contributed by atoms with Gasteiger partial charge in [0.15, 0.2) is 11.5 Å². The molecule has 0 fully saturated rings. The Morgan fingerprint density at radius 1 is 0.786 bits per heavy atom. The zero-order chi connectivity index (χ0) is 20.0. The minimum absolute atomic E-state index is 0.157. The summed E-state index contributed by atoms with van der Waals surface area (Å²) in [5.41, 5.74) is 1.72. The van der Waals surface area contributed by atoms with Crippen LogP contribution < -0.4 is 9.47 Å². The first-order valence-electron chi connectivity index (χ1n) is 9.28. The maximum Gasteiger partial charge on any atom is 0.167 e. The lowest BCUT2D eigenvalue weighted by atomic mass is 9.79. The molecule has 0 aliphatic rings. The molecule has 3 aromatic rings. The van der Waals surface area contributed by atoms with Gasteiger partial charge in [0.25, 0.3) is 0 Å². The second-order valence-electron chi connectivity index (χ2n) is 6.61. The van der Waals surface area contributed by atoms with E-state index in [1.165, 1.54) is 0 Å². The third-order valence-electron chi connectivity index (χ3n) is 4.68. The van der Waals surface area contributed by atoms with Crippen molar-refractivity contribution in [1.82, 2.24) is 0 Å². The van der Waals surface area contributed by atoms with Crippen molar-refractivity contribution >= 4 is 0 Å². The second kappa shape index (κ2) is 8.91. The fourth-order valence-corrected chi connectivity index (χ4v) is 3.48. The van der Waals surface area contributed by atoms with Gasteiger partial charge in [0.2, 0.25) is 0 Å².